The fourth-order valence-corrected chi connectivity index (χ4v) is 0.954. The number of hydrogen-bond acceptors (Lipinski definition) is 2. The van der Waals surface area contributed by atoms with Crippen LogP contribution in [-0.4, -0.2) is 11.6 Å². The van der Waals surface area contributed by atoms with Crippen molar-refractivity contribution in [2.45, 2.75) is 60.5 Å². The Morgan fingerprint density at radius 1 is 1.14 bits per heavy atom. The first-order chi connectivity index (χ1) is 6.04. The van der Waals surface area contributed by atoms with E-state index in [9.17, 15) is 4.79 Å². The SMILES string of the molecule is CC(C)C(C)(C)CC(=O)OC(C)(C)C. The maximum Gasteiger partial charge on any atom is 0.306 e. The molecule has 0 aromatic rings. The number of rotatable bonds is 3. The van der Waals surface area contributed by atoms with Crippen LogP contribution in [0, 0.1) is 11.3 Å². The standard InChI is InChI=1S/C12H24O2/c1-9(2)12(6,7)8-10(13)14-11(3,4)5/h9H,8H2,1-7H3. The Balaban J connectivity index is 4.20. The maximum absolute atomic E-state index is 11.6. The molecule has 0 radical (unpaired) electrons. The van der Waals surface area contributed by atoms with E-state index < -0.39 is 0 Å². The largest absolute Gasteiger partial charge is 0.460 e. The van der Waals surface area contributed by atoms with E-state index >= 15 is 0 Å². The molecule has 0 saturated heterocycles. The number of carbonyl (C=O) groups is 1. The summed E-state index contributed by atoms with van der Waals surface area (Å²) in [5, 5.41) is 0. The third-order valence-electron chi connectivity index (χ3n) is 2.58. The molecule has 0 rings (SSSR count). The summed E-state index contributed by atoms with van der Waals surface area (Å²) in [4.78, 5) is 11.6. The first-order valence-electron chi connectivity index (χ1n) is 5.26. The Kier molecular flexibility index (Phi) is 4.16. The van der Waals surface area contributed by atoms with Gasteiger partial charge < -0.3 is 4.74 Å². The topological polar surface area (TPSA) is 26.3 Å². The van der Waals surface area contributed by atoms with Gasteiger partial charge in [0.25, 0.3) is 0 Å². The maximum atomic E-state index is 11.6. The second kappa shape index (κ2) is 4.33. The zero-order valence-corrected chi connectivity index (χ0v) is 10.6. The Morgan fingerprint density at radius 3 is 1.86 bits per heavy atom. The third-order valence-corrected chi connectivity index (χ3v) is 2.58. The molecule has 0 aromatic heterocycles. The van der Waals surface area contributed by atoms with Gasteiger partial charge in [0.2, 0.25) is 0 Å². The molecular formula is C12H24O2. The molecule has 0 heterocycles. The highest BCUT2D eigenvalue weighted by Gasteiger charge is 2.28. The Morgan fingerprint density at radius 2 is 1.57 bits per heavy atom. The van der Waals surface area contributed by atoms with Crippen molar-refractivity contribution in [1.29, 1.82) is 0 Å². The minimum atomic E-state index is -0.371. The summed E-state index contributed by atoms with van der Waals surface area (Å²) >= 11 is 0. The quantitative estimate of drug-likeness (QED) is 0.653. The van der Waals surface area contributed by atoms with Crippen molar-refractivity contribution in [3.8, 4) is 0 Å². The van der Waals surface area contributed by atoms with E-state index in [-0.39, 0.29) is 17.0 Å². The molecule has 2 nitrogen and oxygen atoms in total. The first kappa shape index (κ1) is 13.5. The summed E-state index contributed by atoms with van der Waals surface area (Å²) in [6.45, 7) is 14.1. The molecule has 84 valence electrons. The second-order valence-electron chi connectivity index (χ2n) is 5.91. The molecule has 0 aliphatic rings. The van der Waals surface area contributed by atoms with E-state index in [1.165, 1.54) is 0 Å². The number of hydrogen-bond donors (Lipinski definition) is 0. The van der Waals surface area contributed by atoms with Crippen LogP contribution >= 0.6 is 0 Å². The summed E-state index contributed by atoms with van der Waals surface area (Å²) < 4.78 is 5.28. The molecule has 0 aliphatic heterocycles. The van der Waals surface area contributed by atoms with Gasteiger partial charge in [-0.3, -0.25) is 4.79 Å². The van der Waals surface area contributed by atoms with Gasteiger partial charge >= 0.3 is 5.97 Å². The van der Waals surface area contributed by atoms with Crippen LogP contribution in [0.25, 0.3) is 0 Å². The highest BCUT2D eigenvalue weighted by Crippen LogP contribution is 2.30. The first-order valence-corrected chi connectivity index (χ1v) is 5.26. The van der Waals surface area contributed by atoms with Gasteiger partial charge in [-0.15, -0.1) is 0 Å². The molecule has 0 bridgehead atoms. The molecule has 0 amide bonds. The molecule has 0 unspecified atom stereocenters. The number of ether oxygens (including phenoxy) is 1. The van der Waals surface area contributed by atoms with E-state index in [0.29, 0.717) is 12.3 Å². The van der Waals surface area contributed by atoms with Gasteiger partial charge in [0.05, 0.1) is 6.42 Å². The minimum Gasteiger partial charge on any atom is -0.460 e. The van der Waals surface area contributed by atoms with Crippen LogP contribution in [0.3, 0.4) is 0 Å². The molecule has 14 heavy (non-hydrogen) atoms. The van der Waals surface area contributed by atoms with Crippen molar-refractivity contribution in [2.75, 3.05) is 0 Å². The summed E-state index contributed by atoms with van der Waals surface area (Å²) in [6, 6.07) is 0. The van der Waals surface area contributed by atoms with Crippen LogP contribution in [0.15, 0.2) is 0 Å². The summed E-state index contributed by atoms with van der Waals surface area (Å²) in [5.41, 5.74) is -0.355. The lowest BCUT2D eigenvalue weighted by Gasteiger charge is -2.29. The summed E-state index contributed by atoms with van der Waals surface area (Å²) in [7, 11) is 0. The molecule has 2 heteroatoms. The Hall–Kier alpha value is -0.530. The van der Waals surface area contributed by atoms with E-state index in [4.69, 9.17) is 4.74 Å². The molecule has 0 aliphatic carbocycles. The van der Waals surface area contributed by atoms with Gasteiger partial charge in [-0.05, 0) is 32.1 Å². The second-order valence-corrected chi connectivity index (χ2v) is 5.91. The van der Waals surface area contributed by atoms with Crippen LogP contribution < -0.4 is 0 Å². The lowest BCUT2D eigenvalue weighted by Crippen LogP contribution is -2.29. The van der Waals surface area contributed by atoms with Crippen molar-refractivity contribution in [1.82, 2.24) is 0 Å². The van der Waals surface area contributed by atoms with Gasteiger partial charge in [0, 0.05) is 0 Å². The Bertz CT molecular complexity index is 197. The van der Waals surface area contributed by atoms with Crippen molar-refractivity contribution < 1.29 is 9.53 Å². The summed E-state index contributed by atoms with van der Waals surface area (Å²) in [6.07, 6.45) is 0.488. The lowest BCUT2D eigenvalue weighted by atomic mass is 9.78. The molecule has 0 aromatic carbocycles. The van der Waals surface area contributed by atoms with Crippen molar-refractivity contribution in [3.63, 3.8) is 0 Å². The molecule has 0 N–H and O–H groups in total. The molecule has 0 spiro atoms. The van der Waals surface area contributed by atoms with Gasteiger partial charge in [-0.25, -0.2) is 0 Å². The van der Waals surface area contributed by atoms with Crippen LogP contribution in [0.5, 0.6) is 0 Å². The Labute approximate surface area is 88.0 Å². The normalized spacial score (nSPS) is 13.1. The molecule has 0 saturated carbocycles. The van der Waals surface area contributed by atoms with Crippen LogP contribution in [0.4, 0.5) is 0 Å². The van der Waals surface area contributed by atoms with Crippen molar-refractivity contribution in [2.24, 2.45) is 11.3 Å². The van der Waals surface area contributed by atoms with E-state index in [1.807, 2.05) is 20.8 Å². The van der Waals surface area contributed by atoms with Gasteiger partial charge in [-0.2, -0.15) is 0 Å². The zero-order chi connectivity index (χ0) is 11.6. The van der Waals surface area contributed by atoms with Gasteiger partial charge in [-0.1, -0.05) is 27.7 Å². The average molecular weight is 200 g/mol. The van der Waals surface area contributed by atoms with Crippen molar-refractivity contribution in [3.05, 3.63) is 0 Å². The van der Waals surface area contributed by atoms with E-state index in [2.05, 4.69) is 27.7 Å². The van der Waals surface area contributed by atoms with Gasteiger partial charge in [0.15, 0.2) is 0 Å². The minimum absolute atomic E-state index is 0.0162. The van der Waals surface area contributed by atoms with Crippen LogP contribution in [0.1, 0.15) is 54.9 Å². The molecule has 0 atom stereocenters. The van der Waals surface area contributed by atoms with Crippen LogP contribution in [0.2, 0.25) is 0 Å². The van der Waals surface area contributed by atoms with E-state index in [0.717, 1.165) is 0 Å². The van der Waals surface area contributed by atoms with E-state index in [1.54, 1.807) is 0 Å². The summed E-state index contributed by atoms with van der Waals surface area (Å²) in [5.74, 6) is 0.381. The fraction of sp³-hybridized carbons (Fsp3) is 0.917. The van der Waals surface area contributed by atoms with Gasteiger partial charge in [0.1, 0.15) is 5.60 Å². The number of esters is 1. The molecule has 0 fully saturated rings. The highest BCUT2D eigenvalue weighted by molar-refractivity contribution is 5.70. The monoisotopic (exact) mass is 200 g/mol. The highest BCUT2D eigenvalue weighted by atomic mass is 16.6. The molecular weight excluding hydrogens is 176 g/mol. The predicted molar refractivity (Wildman–Crippen MR) is 59.1 cm³/mol. The van der Waals surface area contributed by atoms with Crippen molar-refractivity contribution >= 4 is 5.97 Å². The fourth-order valence-electron chi connectivity index (χ4n) is 0.954. The number of carbonyl (C=O) groups excluding carboxylic acids is 1. The third kappa shape index (κ3) is 5.25. The zero-order valence-electron chi connectivity index (χ0n) is 10.6. The van der Waals surface area contributed by atoms with Crippen LogP contribution in [-0.2, 0) is 9.53 Å². The smallest absolute Gasteiger partial charge is 0.306 e. The predicted octanol–water partition coefficient (Wildman–Crippen LogP) is 3.40. The lowest BCUT2D eigenvalue weighted by molar-refractivity contribution is -0.157. The average Bonchev–Trinajstić information content (AvgIpc) is 1.79.